The van der Waals surface area contributed by atoms with Crippen LogP contribution >= 0.6 is 12.4 Å². The monoisotopic (exact) mass is 370 g/mol. The second-order valence-electron chi connectivity index (χ2n) is 6.47. The lowest BCUT2D eigenvalue weighted by Gasteiger charge is -2.25. The molecule has 1 aromatic carbocycles. The molecule has 0 saturated heterocycles. The number of halogens is 1. The number of aryl methyl sites for hydroxylation is 1. The molecule has 2 rings (SSSR count). The van der Waals surface area contributed by atoms with Gasteiger partial charge in [-0.25, -0.2) is 0 Å². The highest BCUT2D eigenvalue weighted by Gasteiger charge is 2.24. The van der Waals surface area contributed by atoms with E-state index in [0.717, 1.165) is 31.2 Å². The fourth-order valence-electron chi connectivity index (χ4n) is 3.08. The third kappa shape index (κ3) is 6.51. The van der Waals surface area contributed by atoms with Crippen LogP contribution in [0.4, 0.5) is 11.4 Å². The molecular formula is C17H27ClN4O3. The van der Waals surface area contributed by atoms with Crippen molar-refractivity contribution in [1.29, 1.82) is 0 Å². The molecule has 0 aliphatic heterocycles. The van der Waals surface area contributed by atoms with Crippen molar-refractivity contribution in [3.63, 3.8) is 0 Å². The summed E-state index contributed by atoms with van der Waals surface area (Å²) in [4.78, 5) is 22.7. The summed E-state index contributed by atoms with van der Waals surface area (Å²) in [6.07, 6.45) is 4.39. The number of nitrogens with zero attached hydrogens (tertiary/aromatic N) is 1. The average molecular weight is 371 g/mol. The van der Waals surface area contributed by atoms with Crippen LogP contribution in [-0.4, -0.2) is 30.0 Å². The van der Waals surface area contributed by atoms with Gasteiger partial charge in [-0.05, 0) is 44.2 Å². The largest absolute Gasteiger partial charge is 0.379 e. The van der Waals surface area contributed by atoms with E-state index in [0.29, 0.717) is 25.2 Å². The van der Waals surface area contributed by atoms with Crippen molar-refractivity contribution < 1.29 is 9.72 Å². The van der Waals surface area contributed by atoms with Crippen molar-refractivity contribution in [2.75, 3.05) is 18.4 Å². The molecule has 1 aliphatic carbocycles. The van der Waals surface area contributed by atoms with Gasteiger partial charge in [-0.15, -0.1) is 12.4 Å². The van der Waals surface area contributed by atoms with Gasteiger partial charge in [0.1, 0.15) is 5.69 Å². The van der Waals surface area contributed by atoms with Gasteiger partial charge < -0.3 is 16.4 Å². The van der Waals surface area contributed by atoms with Crippen LogP contribution in [0.5, 0.6) is 0 Å². The second kappa shape index (κ2) is 10.2. The molecule has 1 saturated carbocycles. The number of benzene rings is 1. The summed E-state index contributed by atoms with van der Waals surface area (Å²) in [6.45, 7) is 2.94. The summed E-state index contributed by atoms with van der Waals surface area (Å²) < 4.78 is 0. The average Bonchev–Trinajstić information content (AvgIpc) is 2.55. The topological polar surface area (TPSA) is 110 Å². The van der Waals surface area contributed by atoms with Gasteiger partial charge >= 0.3 is 0 Å². The first-order valence-electron chi connectivity index (χ1n) is 8.49. The Hall–Kier alpha value is -1.86. The molecule has 8 heteroatoms. The van der Waals surface area contributed by atoms with E-state index in [1.54, 1.807) is 12.1 Å². The number of nitrogens with two attached hydrogens (primary N) is 1. The number of nitro benzene ring substituents is 1. The Kier molecular flexibility index (Phi) is 8.65. The molecule has 0 radical (unpaired) electrons. The van der Waals surface area contributed by atoms with Crippen molar-refractivity contribution >= 4 is 29.7 Å². The normalized spacial score (nSPS) is 19.6. The Labute approximate surface area is 154 Å². The molecule has 1 aromatic rings. The molecule has 0 bridgehead atoms. The first kappa shape index (κ1) is 21.2. The van der Waals surface area contributed by atoms with E-state index in [1.165, 1.54) is 0 Å². The summed E-state index contributed by atoms with van der Waals surface area (Å²) in [5.74, 6) is 0.103. The molecule has 2 unspecified atom stereocenters. The highest BCUT2D eigenvalue weighted by Crippen LogP contribution is 2.25. The van der Waals surface area contributed by atoms with Gasteiger partial charge in [0, 0.05) is 31.1 Å². The first-order chi connectivity index (χ1) is 11.5. The maximum absolute atomic E-state index is 12.1. The Morgan fingerprint density at radius 2 is 2.12 bits per heavy atom. The van der Waals surface area contributed by atoms with Gasteiger partial charge in [-0.1, -0.05) is 12.5 Å². The van der Waals surface area contributed by atoms with Crippen LogP contribution in [0, 0.1) is 23.0 Å². The number of hydrogen-bond donors (Lipinski definition) is 3. The van der Waals surface area contributed by atoms with Crippen LogP contribution in [0.25, 0.3) is 0 Å². The number of nitro groups is 1. The maximum atomic E-state index is 12.1. The summed E-state index contributed by atoms with van der Waals surface area (Å²) in [5.41, 5.74) is 7.35. The lowest BCUT2D eigenvalue weighted by molar-refractivity contribution is -0.384. The Morgan fingerprint density at radius 3 is 2.80 bits per heavy atom. The number of anilines is 1. The number of hydrogen-bond acceptors (Lipinski definition) is 5. The van der Waals surface area contributed by atoms with Crippen LogP contribution in [0.15, 0.2) is 18.2 Å². The molecule has 25 heavy (non-hydrogen) atoms. The van der Waals surface area contributed by atoms with Gasteiger partial charge in [0.15, 0.2) is 0 Å². The first-order valence-corrected chi connectivity index (χ1v) is 8.49. The predicted octanol–water partition coefficient (Wildman–Crippen LogP) is 2.76. The zero-order chi connectivity index (χ0) is 17.5. The minimum absolute atomic E-state index is 0. The standard InChI is InChI=1S/C17H26N4O3.ClH/c1-12-6-7-15(16(10-12)21(23)24)19-8-3-9-20-17(22)13-4-2-5-14(18)11-13;/h6-7,10,13-14,19H,2-5,8-9,11,18H2,1H3,(H,20,22);1H. The van der Waals surface area contributed by atoms with Crippen molar-refractivity contribution in [3.05, 3.63) is 33.9 Å². The van der Waals surface area contributed by atoms with Gasteiger partial charge in [-0.2, -0.15) is 0 Å². The minimum atomic E-state index is -0.385. The molecule has 1 fully saturated rings. The number of carbonyl (C=O) groups is 1. The predicted molar refractivity (Wildman–Crippen MR) is 101 cm³/mol. The third-order valence-corrected chi connectivity index (χ3v) is 4.40. The third-order valence-electron chi connectivity index (χ3n) is 4.40. The van der Waals surface area contributed by atoms with Crippen LogP contribution < -0.4 is 16.4 Å². The fourth-order valence-corrected chi connectivity index (χ4v) is 3.08. The molecule has 1 aliphatic rings. The second-order valence-corrected chi connectivity index (χ2v) is 6.47. The molecule has 7 nitrogen and oxygen atoms in total. The van der Waals surface area contributed by atoms with E-state index in [1.807, 2.05) is 13.0 Å². The molecule has 0 aromatic heterocycles. The Morgan fingerprint density at radius 1 is 1.36 bits per heavy atom. The van der Waals surface area contributed by atoms with E-state index in [2.05, 4.69) is 10.6 Å². The zero-order valence-corrected chi connectivity index (χ0v) is 15.3. The van der Waals surface area contributed by atoms with E-state index in [-0.39, 0.29) is 40.9 Å². The maximum Gasteiger partial charge on any atom is 0.292 e. The molecule has 0 heterocycles. The Balaban J connectivity index is 0.00000312. The smallest absolute Gasteiger partial charge is 0.292 e. The lowest BCUT2D eigenvalue weighted by Crippen LogP contribution is -2.38. The van der Waals surface area contributed by atoms with E-state index >= 15 is 0 Å². The molecule has 1 amide bonds. The molecular weight excluding hydrogens is 344 g/mol. The van der Waals surface area contributed by atoms with Crippen LogP contribution in [0.3, 0.4) is 0 Å². The van der Waals surface area contributed by atoms with Crippen LogP contribution in [0.2, 0.25) is 0 Å². The molecule has 2 atom stereocenters. The molecule has 4 N–H and O–H groups in total. The minimum Gasteiger partial charge on any atom is -0.379 e. The van der Waals surface area contributed by atoms with Crippen molar-refractivity contribution in [1.82, 2.24) is 5.32 Å². The zero-order valence-electron chi connectivity index (χ0n) is 14.5. The number of rotatable bonds is 7. The fraction of sp³-hybridized carbons (Fsp3) is 0.588. The summed E-state index contributed by atoms with van der Waals surface area (Å²) in [6, 6.07) is 5.24. The molecule has 0 spiro atoms. The van der Waals surface area contributed by atoms with Gasteiger partial charge in [0.2, 0.25) is 5.91 Å². The van der Waals surface area contributed by atoms with Crippen molar-refractivity contribution in [2.24, 2.45) is 11.7 Å². The number of carbonyl (C=O) groups excluding carboxylic acids is 1. The lowest BCUT2D eigenvalue weighted by atomic mass is 9.85. The highest BCUT2D eigenvalue weighted by atomic mass is 35.5. The number of nitrogens with one attached hydrogen (secondary N) is 2. The van der Waals surface area contributed by atoms with Crippen molar-refractivity contribution in [2.45, 2.75) is 45.1 Å². The van der Waals surface area contributed by atoms with Gasteiger partial charge in [-0.3, -0.25) is 14.9 Å². The Bertz CT molecular complexity index is 597. The van der Waals surface area contributed by atoms with Gasteiger partial charge in [0.05, 0.1) is 4.92 Å². The highest BCUT2D eigenvalue weighted by molar-refractivity contribution is 5.85. The SMILES string of the molecule is Cc1ccc(NCCCNC(=O)C2CCCC(N)C2)c([N+](=O)[O-])c1.Cl. The van der Waals surface area contributed by atoms with E-state index in [4.69, 9.17) is 5.73 Å². The summed E-state index contributed by atoms with van der Waals surface area (Å²) in [7, 11) is 0. The molecule has 140 valence electrons. The van der Waals surface area contributed by atoms with E-state index in [9.17, 15) is 14.9 Å². The van der Waals surface area contributed by atoms with E-state index < -0.39 is 0 Å². The van der Waals surface area contributed by atoms with Crippen LogP contribution in [-0.2, 0) is 4.79 Å². The van der Waals surface area contributed by atoms with Crippen molar-refractivity contribution in [3.8, 4) is 0 Å². The summed E-state index contributed by atoms with van der Waals surface area (Å²) in [5, 5.41) is 17.1. The number of amides is 1. The van der Waals surface area contributed by atoms with Gasteiger partial charge in [0.25, 0.3) is 5.69 Å². The van der Waals surface area contributed by atoms with Crippen LogP contribution in [0.1, 0.15) is 37.7 Å². The summed E-state index contributed by atoms with van der Waals surface area (Å²) >= 11 is 0. The quantitative estimate of drug-likeness (QED) is 0.388.